The number of ether oxygens (including phenoxy) is 1. The van der Waals surface area contributed by atoms with Gasteiger partial charge in [0.05, 0.1) is 5.75 Å². The summed E-state index contributed by atoms with van der Waals surface area (Å²) >= 11 is 1.32. The molecule has 6 nitrogen and oxygen atoms in total. The van der Waals surface area contributed by atoms with Crippen molar-refractivity contribution in [1.82, 2.24) is 5.32 Å². The Balaban J connectivity index is 1.95. The number of hydrogen-bond donors (Lipinski definition) is 2. The molecule has 132 valence electrons. The van der Waals surface area contributed by atoms with Crippen LogP contribution in [0.3, 0.4) is 0 Å². The van der Waals surface area contributed by atoms with Crippen molar-refractivity contribution in [1.29, 1.82) is 0 Å². The summed E-state index contributed by atoms with van der Waals surface area (Å²) in [6.07, 6.45) is -1.06. The molecule has 25 heavy (non-hydrogen) atoms. The summed E-state index contributed by atoms with van der Waals surface area (Å²) in [6, 6.07) is 12.9. The van der Waals surface area contributed by atoms with E-state index in [-0.39, 0.29) is 11.7 Å². The van der Waals surface area contributed by atoms with Gasteiger partial charge in [-0.3, -0.25) is 14.9 Å². The fourth-order valence-corrected chi connectivity index (χ4v) is 2.99. The van der Waals surface area contributed by atoms with Gasteiger partial charge in [0.15, 0.2) is 6.10 Å². The number of benzene rings is 2. The summed E-state index contributed by atoms with van der Waals surface area (Å²) < 4.78 is 5.20. The number of nitrogens with one attached hydrogen (secondary N) is 1. The lowest BCUT2D eigenvalue weighted by Gasteiger charge is -2.19. The molecule has 2 aromatic rings. The third kappa shape index (κ3) is 5.49. The van der Waals surface area contributed by atoms with Crippen molar-refractivity contribution in [2.75, 3.05) is 5.75 Å². The van der Waals surface area contributed by atoms with E-state index in [0.29, 0.717) is 0 Å². The van der Waals surface area contributed by atoms with Crippen molar-refractivity contribution in [3.8, 4) is 0 Å². The van der Waals surface area contributed by atoms with Crippen LogP contribution in [0.1, 0.15) is 13.8 Å². The molecule has 0 spiro atoms. The molecular formula is C18H20N2O4S. The summed E-state index contributed by atoms with van der Waals surface area (Å²) in [5.41, 5.74) is 4.93. The molecule has 3 N–H and O–H groups in total. The van der Waals surface area contributed by atoms with Crippen LogP contribution in [-0.2, 0) is 14.3 Å². The van der Waals surface area contributed by atoms with E-state index >= 15 is 0 Å². The molecule has 7 heteroatoms. The van der Waals surface area contributed by atoms with Gasteiger partial charge in [0, 0.05) is 4.90 Å². The van der Waals surface area contributed by atoms with Gasteiger partial charge in [0.1, 0.15) is 0 Å². The lowest BCUT2D eigenvalue weighted by molar-refractivity contribution is -0.155. The highest BCUT2D eigenvalue weighted by Crippen LogP contribution is 2.24. The maximum absolute atomic E-state index is 12.0. The second-order valence-electron chi connectivity index (χ2n) is 5.81. The van der Waals surface area contributed by atoms with Crippen LogP contribution in [0.15, 0.2) is 47.4 Å². The number of fused-ring (bicyclic) bond motifs is 1. The predicted octanol–water partition coefficient (Wildman–Crippen LogP) is 2.69. The summed E-state index contributed by atoms with van der Waals surface area (Å²) in [5.74, 6) is -1.47. The van der Waals surface area contributed by atoms with E-state index in [4.69, 9.17) is 10.5 Å². The second kappa shape index (κ2) is 8.53. The molecule has 0 bridgehead atoms. The Labute approximate surface area is 150 Å². The number of carbonyl (C=O) groups excluding carboxylic acids is 3. The molecule has 0 radical (unpaired) electrons. The van der Waals surface area contributed by atoms with E-state index in [0.717, 1.165) is 15.7 Å². The van der Waals surface area contributed by atoms with Gasteiger partial charge in [0.25, 0.3) is 5.91 Å². The fourth-order valence-electron chi connectivity index (χ4n) is 2.26. The van der Waals surface area contributed by atoms with Crippen LogP contribution in [-0.4, -0.2) is 29.8 Å². The highest BCUT2D eigenvalue weighted by atomic mass is 32.2. The Bertz CT molecular complexity index is 791. The second-order valence-corrected chi connectivity index (χ2v) is 6.85. The molecule has 1 atom stereocenters. The number of nitrogens with two attached hydrogens (primary N) is 1. The lowest BCUT2D eigenvalue weighted by atomic mass is 10.1. The first-order valence-corrected chi connectivity index (χ1v) is 8.76. The largest absolute Gasteiger partial charge is 0.451 e. The Morgan fingerprint density at radius 1 is 1.12 bits per heavy atom. The number of imide groups is 1. The van der Waals surface area contributed by atoms with Gasteiger partial charge >= 0.3 is 12.0 Å². The molecule has 0 unspecified atom stereocenters. The Kier molecular flexibility index (Phi) is 6.41. The van der Waals surface area contributed by atoms with E-state index in [1.807, 2.05) is 47.8 Å². The van der Waals surface area contributed by atoms with Crippen molar-refractivity contribution in [2.24, 2.45) is 11.7 Å². The zero-order valence-electron chi connectivity index (χ0n) is 14.0. The number of esters is 1. The Morgan fingerprint density at radius 2 is 1.80 bits per heavy atom. The minimum Gasteiger partial charge on any atom is -0.451 e. The molecule has 2 rings (SSSR count). The molecule has 0 aromatic heterocycles. The van der Waals surface area contributed by atoms with Gasteiger partial charge in [0.2, 0.25) is 0 Å². The highest BCUT2D eigenvalue weighted by molar-refractivity contribution is 8.00. The maximum atomic E-state index is 12.0. The molecular weight excluding hydrogens is 340 g/mol. The lowest BCUT2D eigenvalue weighted by Crippen LogP contribution is -2.45. The number of carbonyl (C=O) groups is 3. The smallest absolute Gasteiger partial charge is 0.318 e. The van der Waals surface area contributed by atoms with E-state index in [9.17, 15) is 14.4 Å². The summed E-state index contributed by atoms with van der Waals surface area (Å²) in [7, 11) is 0. The third-order valence-corrected chi connectivity index (χ3v) is 4.41. The van der Waals surface area contributed by atoms with Crippen molar-refractivity contribution in [3.05, 3.63) is 42.5 Å². The predicted molar refractivity (Wildman–Crippen MR) is 97.1 cm³/mol. The standard InChI is InChI=1S/C18H20N2O4S/c1-11(2)16(17(22)20-18(19)23)24-15(21)10-25-14-8-7-12-5-3-4-6-13(12)9-14/h3-9,11,16H,10H2,1-2H3,(H3,19,20,22,23)/t16-/m0/s1. The monoisotopic (exact) mass is 360 g/mol. The van der Waals surface area contributed by atoms with Gasteiger partial charge in [-0.2, -0.15) is 0 Å². The van der Waals surface area contributed by atoms with Crippen LogP contribution in [0.25, 0.3) is 10.8 Å². The average Bonchev–Trinajstić information content (AvgIpc) is 2.56. The first-order chi connectivity index (χ1) is 11.9. The van der Waals surface area contributed by atoms with Gasteiger partial charge in [-0.1, -0.05) is 44.2 Å². The molecule has 0 aliphatic carbocycles. The van der Waals surface area contributed by atoms with Crippen LogP contribution in [0.4, 0.5) is 4.79 Å². The Hall–Kier alpha value is -2.54. The third-order valence-electron chi connectivity index (χ3n) is 3.45. The van der Waals surface area contributed by atoms with Crippen LogP contribution in [0, 0.1) is 5.92 Å². The zero-order chi connectivity index (χ0) is 18.4. The molecule has 0 saturated carbocycles. The first-order valence-electron chi connectivity index (χ1n) is 7.78. The summed E-state index contributed by atoms with van der Waals surface area (Å²) in [4.78, 5) is 35.6. The number of amides is 3. The number of primary amides is 1. The highest BCUT2D eigenvalue weighted by Gasteiger charge is 2.27. The van der Waals surface area contributed by atoms with Crippen molar-refractivity contribution in [3.63, 3.8) is 0 Å². The van der Waals surface area contributed by atoms with E-state index in [2.05, 4.69) is 0 Å². The van der Waals surface area contributed by atoms with Crippen molar-refractivity contribution >= 4 is 40.4 Å². The van der Waals surface area contributed by atoms with Crippen LogP contribution in [0.2, 0.25) is 0 Å². The van der Waals surface area contributed by atoms with Gasteiger partial charge in [-0.15, -0.1) is 11.8 Å². The fraction of sp³-hybridized carbons (Fsp3) is 0.278. The van der Waals surface area contributed by atoms with E-state index in [1.54, 1.807) is 13.8 Å². The van der Waals surface area contributed by atoms with Gasteiger partial charge in [-0.25, -0.2) is 4.79 Å². The topological polar surface area (TPSA) is 98.5 Å². The SMILES string of the molecule is CC(C)[C@H](OC(=O)CSc1ccc2ccccc2c1)C(=O)NC(N)=O. The van der Waals surface area contributed by atoms with Gasteiger partial charge < -0.3 is 10.5 Å². The summed E-state index contributed by atoms with van der Waals surface area (Å²) in [5, 5.41) is 4.15. The number of urea groups is 1. The number of hydrogen-bond acceptors (Lipinski definition) is 5. The first kappa shape index (κ1) is 18.8. The minimum absolute atomic E-state index is 0.0609. The van der Waals surface area contributed by atoms with E-state index < -0.39 is 24.0 Å². The van der Waals surface area contributed by atoms with Crippen LogP contribution < -0.4 is 11.1 Å². The van der Waals surface area contributed by atoms with Crippen LogP contribution >= 0.6 is 11.8 Å². The quantitative estimate of drug-likeness (QED) is 0.610. The number of thioether (sulfide) groups is 1. The molecule has 0 saturated heterocycles. The number of rotatable bonds is 6. The molecule has 0 fully saturated rings. The van der Waals surface area contributed by atoms with Crippen molar-refractivity contribution in [2.45, 2.75) is 24.8 Å². The molecule has 3 amide bonds. The maximum Gasteiger partial charge on any atom is 0.318 e. The molecule has 0 heterocycles. The molecule has 0 aliphatic heterocycles. The van der Waals surface area contributed by atoms with Crippen molar-refractivity contribution < 1.29 is 19.1 Å². The normalized spacial score (nSPS) is 12.0. The molecule has 2 aromatic carbocycles. The summed E-state index contributed by atoms with van der Waals surface area (Å²) in [6.45, 7) is 3.43. The average molecular weight is 360 g/mol. The zero-order valence-corrected chi connectivity index (χ0v) is 14.8. The Morgan fingerprint density at radius 3 is 2.44 bits per heavy atom. The van der Waals surface area contributed by atoms with Gasteiger partial charge in [-0.05, 0) is 28.8 Å². The van der Waals surface area contributed by atoms with E-state index in [1.165, 1.54) is 11.8 Å². The van der Waals surface area contributed by atoms with Crippen LogP contribution in [0.5, 0.6) is 0 Å². The molecule has 0 aliphatic rings. The minimum atomic E-state index is -1.06.